The van der Waals surface area contributed by atoms with Crippen molar-refractivity contribution in [2.45, 2.75) is 39.7 Å². The predicted molar refractivity (Wildman–Crippen MR) is 72.6 cm³/mol. The molecule has 0 aliphatic rings. The number of hydrogen-bond acceptors (Lipinski definition) is 3. The first-order valence-electron chi connectivity index (χ1n) is 6.18. The SMILES string of the molecule is CCCn1nccc1-c1nc(Cl)cc(C(C)C)n1. The lowest BCUT2D eigenvalue weighted by Gasteiger charge is -2.09. The Balaban J connectivity index is 2.46. The van der Waals surface area contributed by atoms with Crippen LogP contribution in [0.5, 0.6) is 0 Å². The van der Waals surface area contributed by atoms with Crippen LogP contribution in [0.1, 0.15) is 38.8 Å². The Hall–Kier alpha value is -1.42. The summed E-state index contributed by atoms with van der Waals surface area (Å²) in [5.74, 6) is 0.976. The predicted octanol–water partition coefficient (Wildman–Crippen LogP) is 3.53. The van der Waals surface area contributed by atoms with Crippen molar-refractivity contribution in [1.29, 1.82) is 0 Å². The normalized spacial score (nSPS) is 11.2. The first-order chi connectivity index (χ1) is 8.61. The molecule has 96 valence electrons. The summed E-state index contributed by atoms with van der Waals surface area (Å²) in [6, 6.07) is 3.74. The first kappa shape index (κ1) is 13.0. The number of halogens is 1. The highest BCUT2D eigenvalue weighted by Crippen LogP contribution is 2.21. The molecule has 0 aliphatic carbocycles. The maximum atomic E-state index is 6.06. The summed E-state index contributed by atoms with van der Waals surface area (Å²) < 4.78 is 1.91. The average molecular weight is 265 g/mol. The number of nitrogens with zero attached hydrogens (tertiary/aromatic N) is 4. The van der Waals surface area contributed by atoms with Crippen molar-refractivity contribution >= 4 is 11.6 Å². The molecule has 0 radical (unpaired) electrons. The largest absolute Gasteiger partial charge is 0.262 e. The second kappa shape index (κ2) is 5.48. The van der Waals surface area contributed by atoms with E-state index in [-0.39, 0.29) is 0 Å². The Kier molecular flexibility index (Phi) is 3.97. The first-order valence-corrected chi connectivity index (χ1v) is 6.56. The highest BCUT2D eigenvalue weighted by Gasteiger charge is 2.12. The lowest BCUT2D eigenvalue weighted by molar-refractivity contribution is 0.606. The van der Waals surface area contributed by atoms with E-state index >= 15 is 0 Å². The van der Waals surface area contributed by atoms with Crippen molar-refractivity contribution in [3.05, 3.63) is 29.2 Å². The molecule has 2 heterocycles. The zero-order valence-corrected chi connectivity index (χ0v) is 11.6. The van der Waals surface area contributed by atoms with Gasteiger partial charge in [0.1, 0.15) is 10.8 Å². The molecule has 0 spiro atoms. The molecule has 0 atom stereocenters. The van der Waals surface area contributed by atoms with Crippen LogP contribution in [0, 0.1) is 0 Å². The van der Waals surface area contributed by atoms with Crippen LogP contribution in [0.2, 0.25) is 5.15 Å². The third-order valence-electron chi connectivity index (χ3n) is 2.69. The molecular formula is C13H17ClN4. The minimum absolute atomic E-state index is 0.326. The zero-order valence-electron chi connectivity index (χ0n) is 10.9. The zero-order chi connectivity index (χ0) is 13.1. The van der Waals surface area contributed by atoms with E-state index < -0.39 is 0 Å². The van der Waals surface area contributed by atoms with E-state index in [1.54, 1.807) is 6.20 Å². The fourth-order valence-electron chi connectivity index (χ4n) is 1.76. The van der Waals surface area contributed by atoms with E-state index in [1.807, 2.05) is 16.8 Å². The summed E-state index contributed by atoms with van der Waals surface area (Å²) in [6.45, 7) is 7.15. The van der Waals surface area contributed by atoms with Gasteiger partial charge in [0.25, 0.3) is 0 Å². The van der Waals surface area contributed by atoms with Gasteiger partial charge in [-0.15, -0.1) is 0 Å². The van der Waals surface area contributed by atoms with Crippen LogP contribution < -0.4 is 0 Å². The summed E-state index contributed by atoms with van der Waals surface area (Å²) in [5.41, 5.74) is 1.87. The van der Waals surface area contributed by atoms with Crippen LogP contribution in [0.4, 0.5) is 0 Å². The number of aryl methyl sites for hydroxylation is 1. The molecule has 0 fully saturated rings. The smallest absolute Gasteiger partial charge is 0.179 e. The van der Waals surface area contributed by atoms with Crippen molar-refractivity contribution in [1.82, 2.24) is 19.7 Å². The molecule has 5 heteroatoms. The van der Waals surface area contributed by atoms with Gasteiger partial charge in [-0.1, -0.05) is 32.4 Å². The quantitative estimate of drug-likeness (QED) is 0.794. The summed E-state index contributed by atoms with van der Waals surface area (Å²) in [4.78, 5) is 8.86. The Morgan fingerprint density at radius 3 is 2.78 bits per heavy atom. The topological polar surface area (TPSA) is 43.6 Å². The minimum Gasteiger partial charge on any atom is -0.262 e. The molecule has 0 aromatic carbocycles. The van der Waals surface area contributed by atoms with Gasteiger partial charge in [0.15, 0.2) is 5.82 Å². The second-order valence-electron chi connectivity index (χ2n) is 4.53. The van der Waals surface area contributed by atoms with Crippen molar-refractivity contribution in [3.63, 3.8) is 0 Å². The summed E-state index contributed by atoms with van der Waals surface area (Å²) in [6.07, 6.45) is 2.79. The molecule has 0 bridgehead atoms. The number of aromatic nitrogens is 4. The number of hydrogen-bond donors (Lipinski definition) is 0. The average Bonchev–Trinajstić information content (AvgIpc) is 2.77. The fraction of sp³-hybridized carbons (Fsp3) is 0.462. The van der Waals surface area contributed by atoms with Gasteiger partial charge in [-0.3, -0.25) is 4.68 Å². The standard InChI is InChI=1S/C13H17ClN4/c1-4-7-18-11(5-6-15-18)13-16-10(9(2)3)8-12(14)17-13/h5-6,8-9H,4,7H2,1-3H3. The Labute approximate surface area is 112 Å². The highest BCUT2D eigenvalue weighted by atomic mass is 35.5. The molecule has 2 rings (SSSR count). The lowest BCUT2D eigenvalue weighted by atomic mass is 10.1. The molecule has 2 aromatic heterocycles. The van der Waals surface area contributed by atoms with Gasteiger partial charge in [-0.2, -0.15) is 5.10 Å². The van der Waals surface area contributed by atoms with Crippen LogP contribution in [0.25, 0.3) is 11.5 Å². The second-order valence-corrected chi connectivity index (χ2v) is 4.92. The Bertz CT molecular complexity index is 534. The fourth-order valence-corrected chi connectivity index (χ4v) is 1.95. The molecule has 18 heavy (non-hydrogen) atoms. The highest BCUT2D eigenvalue weighted by molar-refractivity contribution is 6.29. The van der Waals surface area contributed by atoms with Crippen LogP contribution >= 0.6 is 11.6 Å². The van der Waals surface area contributed by atoms with E-state index in [1.165, 1.54) is 0 Å². The van der Waals surface area contributed by atoms with Crippen molar-refractivity contribution in [3.8, 4) is 11.5 Å². The molecule has 0 saturated carbocycles. The van der Waals surface area contributed by atoms with E-state index in [0.29, 0.717) is 16.9 Å². The van der Waals surface area contributed by atoms with E-state index in [2.05, 4.69) is 35.8 Å². The van der Waals surface area contributed by atoms with Crippen molar-refractivity contribution in [2.75, 3.05) is 0 Å². The lowest BCUT2D eigenvalue weighted by Crippen LogP contribution is -2.05. The van der Waals surface area contributed by atoms with Gasteiger partial charge in [0, 0.05) is 18.4 Å². The summed E-state index contributed by atoms with van der Waals surface area (Å²) >= 11 is 6.06. The van der Waals surface area contributed by atoms with Crippen LogP contribution in [-0.2, 0) is 6.54 Å². The Morgan fingerprint density at radius 1 is 1.33 bits per heavy atom. The van der Waals surface area contributed by atoms with E-state index in [0.717, 1.165) is 24.4 Å². The van der Waals surface area contributed by atoms with Gasteiger partial charge in [0.2, 0.25) is 0 Å². The molecular weight excluding hydrogens is 248 g/mol. The third-order valence-corrected chi connectivity index (χ3v) is 2.88. The minimum atomic E-state index is 0.326. The molecule has 2 aromatic rings. The summed E-state index contributed by atoms with van der Waals surface area (Å²) in [5, 5.41) is 4.76. The molecule has 4 nitrogen and oxygen atoms in total. The maximum absolute atomic E-state index is 6.06. The Morgan fingerprint density at radius 2 is 2.11 bits per heavy atom. The molecule has 0 saturated heterocycles. The molecule has 0 amide bonds. The number of rotatable bonds is 4. The molecule has 0 N–H and O–H groups in total. The summed E-state index contributed by atoms with van der Waals surface area (Å²) in [7, 11) is 0. The third kappa shape index (κ3) is 2.70. The van der Waals surface area contributed by atoms with Crippen molar-refractivity contribution in [2.24, 2.45) is 0 Å². The van der Waals surface area contributed by atoms with Crippen LogP contribution in [0.3, 0.4) is 0 Å². The monoisotopic (exact) mass is 264 g/mol. The van der Waals surface area contributed by atoms with Gasteiger partial charge in [0.05, 0.1) is 0 Å². The van der Waals surface area contributed by atoms with E-state index in [4.69, 9.17) is 11.6 Å². The van der Waals surface area contributed by atoms with Crippen LogP contribution in [0.15, 0.2) is 18.3 Å². The maximum Gasteiger partial charge on any atom is 0.179 e. The van der Waals surface area contributed by atoms with Gasteiger partial charge < -0.3 is 0 Å². The van der Waals surface area contributed by atoms with Gasteiger partial charge in [-0.05, 0) is 24.5 Å². The van der Waals surface area contributed by atoms with Gasteiger partial charge in [-0.25, -0.2) is 9.97 Å². The molecule has 0 aliphatic heterocycles. The van der Waals surface area contributed by atoms with E-state index in [9.17, 15) is 0 Å². The van der Waals surface area contributed by atoms with Crippen LogP contribution in [-0.4, -0.2) is 19.7 Å². The van der Waals surface area contributed by atoms with Gasteiger partial charge >= 0.3 is 0 Å². The molecule has 0 unspecified atom stereocenters. The van der Waals surface area contributed by atoms with Crippen molar-refractivity contribution < 1.29 is 0 Å².